The largest absolute Gasteiger partial charge is 0.457 e. The van der Waals surface area contributed by atoms with Crippen LogP contribution < -0.4 is 10.5 Å². The van der Waals surface area contributed by atoms with E-state index in [0.29, 0.717) is 0 Å². The van der Waals surface area contributed by atoms with E-state index in [2.05, 4.69) is 19.1 Å². The van der Waals surface area contributed by atoms with Crippen LogP contribution in [0.4, 0.5) is 0 Å². The predicted octanol–water partition coefficient (Wildman–Crippen LogP) is 4.06. The van der Waals surface area contributed by atoms with E-state index in [1.165, 1.54) is 5.56 Å². The molecule has 2 nitrogen and oxygen atoms in total. The molecule has 1 unspecified atom stereocenters. The Bertz CT molecular complexity index is 503. The number of nitrogens with two attached hydrogens (primary N) is 1. The highest BCUT2D eigenvalue weighted by Gasteiger charge is 2.02. The Morgan fingerprint density at radius 1 is 1.06 bits per heavy atom. The summed E-state index contributed by atoms with van der Waals surface area (Å²) < 4.78 is 5.81. The molecule has 1 atom stereocenters. The molecule has 2 N–H and O–H groups in total. The van der Waals surface area contributed by atoms with Crippen molar-refractivity contribution < 1.29 is 4.74 Å². The van der Waals surface area contributed by atoms with Gasteiger partial charge in [-0.25, -0.2) is 0 Å². The molecule has 0 amide bonds. The van der Waals surface area contributed by atoms with Crippen LogP contribution in [-0.4, -0.2) is 0 Å². The topological polar surface area (TPSA) is 35.2 Å². The molecular weight excluding hydrogens is 222 g/mol. The number of rotatable bonds is 4. The molecule has 0 aromatic heterocycles. The van der Waals surface area contributed by atoms with E-state index >= 15 is 0 Å². The van der Waals surface area contributed by atoms with Gasteiger partial charge < -0.3 is 10.5 Å². The van der Waals surface area contributed by atoms with Crippen LogP contribution in [0.1, 0.15) is 31.0 Å². The molecule has 0 saturated heterocycles. The van der Waals surface area contributed by atoms with E-state index in [1.807, 2.05) is 43.3 Å². The molecule has 0 saturated carbocycles. The van der Waals surface area contributed by atoms with Crippen LogP contribution in [0.5, 0.6) is 11.5 Å². The second-order valence-electron chi connectivity index (χ2n) is 4.46. The number of ether oxygens (including phenoxy) is 1. The maximum absolute atomic E-state index is 5.86. The van der Waals surface area contributed by atoms with Gasteiger partial charge in [0.25, 0.3) is 0 Å². The Kier molecular flexibility index (Phi) is 4.00. The molecule has 2 rings (SSSR count). The molecule has 0 fully saturated rings. The van der Waals surface area contributed by atoms with Gasteiger partial charge in [0.15, 0.2) is 0 Å². The lowest BCUT2D eigenvalue weighted by Crippen LogP contribution is -2.04. The fraction of sp³-hybridized carbons (Fsp3) is 0.250. The Balaban J connectivity index is 2.15. The number of benzene rings is 2. The monoisotopic (exact) mass is 241 g/mol. The number of hydrogen-bond acceptors (Lipinski definition) is 2. The van der Waals surface area contributed by atoms with Crippen LogP contribution in [0, 0.1) is 0 Å². The standard InChI is InChI=1S/C16H19NO/c1-3-13-7-9-15(10-8-13)18-16-6-4-5-14(11-16)12(2)17/h4-12H,3,17H2,1-2H3. The van der Waals surface area contributed by atoms with Crippen molar-refractivity contribution in [2.24, 2.45) is 5.73 Å². The molecule has 2 aromatic carbocycles. The van der Waals surface area contributed by atoms with E-state index in [0.717, 1.165) is 23.5 Å². The fourth-order valence-corrected chi connectivity index (χ4v) is 1.79. The van der Waals surface area contributed by atoms with E-state index in [-0.39, 0.29) is 6.04 Å². The van der Waals surface area contributed by atoms with Gasteiger partial charge in [-0.1, -0.05) is 31.2 Å². The third-order valence-corrected chi connectivity index (χ3v) is 2.95. The van der Waals surface area contributed by atoms with Crippen molar-refractivity contribution in [3.8, 4) is 11.5 Å². The van der Waals surface area contributed by atoms with Crippen LogP contribution in [-0.2, 0) is 6.42 Å². The van der Waals surface area contributed by atoms with Gasteiger partial charge in [0, 0.05) is 6.04 Å². The number of hydrogen-bond donors (Lipinski definition) is 1. The van der Waals surface area contributed by atoms with Crippen molar-refractivity contribution in [1.29, 1.82) is 0 Å². The SMILES string of the molecule is CCc1ccc(Oc2cccc(C(C)N)c2)cc1. The lowest BCUT2D eigenvalue weighted by atomic mass is 10.1. The summed E-state index contributed by atoms with van der Waals surface area (Å²) in [5.41, 5.74) is 8.25. The second kappa shape index (κ2) is 5.69. The minimum absolute atomic E-state index is 0.0241. The van der Waals surface area contributed by atoms with Crippen molar-refractivity contribution in [3.05, 3.63) is 59.7 Å². The van der Waals surface area contributed by atoms with Crippen molar-refractivity contribution in [2.45, 2.75) is 26.3 Å². The summed E-state index contributed by atoms with van der Waals surface area (Å²) in [5.74, 6) is 1.68. The number of aryl methyl sites for hydroxylation is 1. The lowest BCUT2D eigenvalue weighted by Gasteiger charge is -2.10. The van der Waals surface area contributed by atoms with Crippen molar-refractivity contribution in [3.63, 3.8) is 0 Å². The van der Waals surface area contributed by atoms with Crippen LogP contribution in [0.15, 0.2) is 48.5 Å². The quantitative estimate of drug-likeness (QED) is 0.876. The minimum Gasteiger partial charge on any atom is -0.457 e. The summed E-state index contributed by atoms with van der Waals surface area (Å²) in [5, 5.41) is 0. The third kappa shape index (κ3) is 3.11. The molecule has 0 heterocycles. The molecule has 0 radical (unpaired) electrons. The van der Waals surface area contributed by atoms with Gasteiger partial charge in [0.1, 0.15) is 11.5 Å². The Hall–Kier alpha value is -1.80. The molecule has 0 aliphatic carbocycles. The average molecular weight is 241 g/mol. The van der Waals surface area contributed by atoms with Crippen LogP contribution in [0.3, 0.4) is 0 Å². The first-order valence-electron chi connectivity index (χ1n) is 6.31. The van der Waals surface area contributed by atoms with Crippen molar-refractivity contribution >= 4 is 0 Å². The highest BCUT2D eigenvalue weighted by Crippen LogP contribution is 2.24. The highest BCUT2D eigenvalue weighted by molar-refractivity contribution is 5.36. The summed E-state index contributed by atoms with van der Waals surface area (Å²) >= 11 is 0. The third-order valence-electron chi connectivity index (χ3n) is 2.95. The van der Waals surface area contributed by atoms with Gasteiger partial charge in [-0.2, -0.15) is 0 Å². The van der Waals surface area contributed by atoms with Gasteiger partial charge >= 0.3 is 0 Å². The summed E-state index contributed by atoms with van der Waals surface area (Å²) in [6, 6.07) is 16.1. The molecule has 94 valence electrons. The molecular formula is C16H19NO. The molecule has 2 aromatic rings. The molecule has 0 aliphatic rings. The van der Waals surface area contributed by atoms with E-state index < -0.39 is 0 Å². The zero-order valence-electron chi connectivity index (χ0n) is 10.9. The maximum atomic E-state index is 5.86. The first kappa shape index (κ1) is 12.7. The van der Waals surface area contributed by atoms with E-state index in [4.69, 9.17) is 10.5 Å². The average Bonchev–Trinajstić information content (AvgIpc) is 2.40. The Labute approximate surface area is 108 Å². The van der Waals surface area contributed by atoms with E-state index in [9.17, 15) is 0 Å². The first-order valence-corrected chi connectivity index (χ1v) is 6.31. The van der Waals surface area contributed by atoms with Gasteiger partial charge in [-0.15, -0.1) is 0 Å². The lowest BCUT2D eigenvalue weighted by molar-refractivity contribution is 0.481. The fourth-order valence-electron chi connectivity index (χ4n) is 1.79. The van der Waals surface area contributed by atoms with Gasteiger partial charge in [0.05, 0.1) is 0 Å². The molecule has 0 bridgehead atoms. The van der Waals surface area contributed by atoms with Gasteiger partial charge in [-0.3, -0.25) is 0 Å². The van der Waals surface area contributed by atoms with Crippen molar-refractivity contribution in [2.75, 3.05) is 0 Å². The highest BCUT2D eigenvalue weighted by atomic mass is 16.5. The normalized spacial score (nSPS) is 12.2. The second-order valence-corrected chi connectivity index (χ2v) is 4.46. The molecule has 0 aliphatic heterocycles. The summed E-state index contributed by atoms with van der Waals surface area (Å²) in [7, 11) is 0. The predicted molar refractivity (Wildman–Crippen MR) is 74.9 cm³/mol. The summed E-state index contributed by atoms with van der Waals surface area (Å²) in [6.45, 7) is 4.11. The molecule has 0 spiro atoms. The minimum atomic E-state index is 0.0241. The Morgan fingerprint density at radius 3 is 2.39 bits per heavy atom. The van der Waals surface area contributed by atoms with Crippen LogP contribution >= 0.6 is 0 Å². The maximum Gasteiger partial charge on any atom is 0.127 e. The summed E-state index contributed by atoms with van der Waals surface area (Å²) in [4.78, 5) is 0. The smallest absolute Gasteiger partial charge is 0.127 e. The zero-order valence-corrected chi connectivity index (χ0v) is 10.9. The zero-order chi connectivity index (χ0) is 13.0. The molecule has 18 heavy (non-hydrogen) atoms. The van der Waals surface area contributed by atoms with Gasteiger partial charge in [-0.05, 0) is 48.7 Å². The van der Waals surface area contributed by atoms with Crippen LogP contribution in [0.2, 0.25) is 0 Å². The first-order chi connectivity index (χ1) is 8.69. The van der Waals surface area contributed by atoms with Crippen molar-refractivity contribution in [1.82, 2.24) is 0 Å². The van der Waals surface area contributed by atoms with E-state index in [1.54, 1.807) is 0 Å². The van der Waals surface area contributed by atoms with Crippen LogP contribution in [0.25, 0.3) is 0 Å². The summed E-state index contributed by atoms with van der Waals surface area (Å²) in [6.07, 6.45) is 1.04. The molecule has 2 heteroatoms. The Morgan fingerprint density at radius 2 is 1.78 bits per heavy atom. The van der Waals surface area contributed by atoms with Gasteiger partial charge in [0.2, 0.25) is 0 Å².